The number of nitrogens with one attached hydrogen (secondary N) is 1. The van der Waals surface area contributed by atoms with Crippen molar-refractivity contribution in [2.45, 2.75) is 135 Å². The van der Waals surface area contributed by atoms with Gasteiger partial charge in [-0.3, -0.25) is 0 Å². The van der Waals surface area contributed by atoms with Crippen molar-refractivity contribution in [3.63, 3.8) is 0 Å². The summed E-state index contributed by atoms with van der Waals surface area (Å²) in [5.74, 6) is 0. The van der Waals surface area contributed by atoms with E-state index in [1.165, 1.54) is 133 Å². The van der Waals surface area contributed by atoms with Crippen LogP contribution in [0.1, 0.15) is 135 Å². The summed E-state index contributed by atoms with van der Waals surface area (Å²) in [5.41, 5.74) is 21.4. The number of para-hydroxylation sites is 1. The number of hydrogen-bond donors (Lipinski definition) is 1. The van der Waals surface area contributed by atoms with E-state index in [2.05, 4.69) is 189 Å². The lowest BCUT2D eigenvalue weighted by molar-refractivity contribution is 0.332. The number of anilines is 2. The number of aryl methyl sites for hydroxylation is 1. The van der Waals surface area contributed by atoms with Crippen molar-refractivity contribution in [2.75, 3.05) is 5.32 Å². The average Bonchev–Trinajstić information content (AvgIpc) is 3.80. The van der Waals surface area contributed by atoms with E-state index in [1.807, 2.05) is 0 Å². The van der Waals surface area contributed by atoms with E-state index in [0.717, 1.165) is 29.0 Å². The maximum absolute atomic E-state index is 7.20. The molecular formula is C59H62BN2O. The number of nitrogens with zero attached hydrogens (tertiary/aromatic N) is 1. The second-order valence-electron chi connectivity index (χ2n) is 21.9. The summed E-state index contributed by atoms with van der Waals surface area (Å²) in [5, 5.41) is 7.73. The van der Waals surface area contributed by atoms with Gasteiger partial charge in [0, 0.05) is 38.6 Å². The third-order valence-corrected chi connectivity index (χ3v) is 15.8. The number of rotatable bonds is 8. The van der Waals surface area contributed by atoms with Gasteiger partial charge in [0.25, 0.3) is 0 Å². The Bertz CT molecular complexity index is 3120. The second kappa shape index (κ2) is 14.3. The first-order chi connectivity index (χ1) is 30.1. The normalized spacial score (nSPS) is 17.6. The summed E-state index contributed by atoms with van der Waals surface area (Å²) >= 11 is 0. The Morgan fingerprint density at radius 3 is 1.87 bits per heavy atom. The zero-order chi connectivity index (χ0) is 43.6. The number of aromatic nitrogens is 1. The minimum atomic E-state index is 0.0567. The Morgan fingerprint density at radius 1 is 0.603 bits per heavy atom. The number of furan rings is 1. The molecule has 3 heterocycles. The monoisotopic (exact) mass is 825 g/mol. The summed E-state index contributed by atoms with van der Waals surface area (Å²) in [7, 11) is 2.38. The maximum atomic E-state index is 7.20. The van der Waals surface area contributed by atoms with Gasteiger partial charge in [-0.05, 0) is 159 Å². The minimum absolute atomic E-state index is 0.0567. The first-order valence-corrected chi connectivity index (χ1v) is 23.8. The first kappa shape index (κ1) is 40.3. The molecule has 2 aromatic heterocycles. The predicted molar refractivity (Wildman–Crippen MR) is 270 cm³/mol. The quantitative estimate of drug-likeness (QED) is 0.122. The van der Waals surface area contributed by atoms with Gasteiger partial charge >= 0.3 is 0 Å². The molecule has 4 heteroatoms. The van der Waals surface area contributed by atoms with Gasteiger partial charge in [-0.15, -0.1) is 0 Å². The number of benzene rings is 6. The minimum Gasteiger partial charge on any atom is -0.469 e. The molecule has 0 bridgehead atoms. The molecule has 1 N–H and O–H groups in total. The van der Waals surface area contributed by atoms with E-state index in [-0.39, 0.29) is 21.7 Å². The number of fused-ring (bicyclic) bond motifs is 9. The van der Waals surface area contributed by atoms with Gasteiger partial charge in [0.2, 0.25) is 7.28 Å². The summed E-state index contributed by atoms with van der Waals surface area (Å²) in [6.45, 7) is 21.8. The zero-order valence-corrected chi connectivity index (χ0v) is 39.0. The molecule has 0 atom stereocenters. The van der Waals surface area contributed by atoms with E-state index in [1.54, 1.807) is 0 Å². The van der Waals surface area contributed by atoms with Crippen LogP contribution in [0.3, 0.4) is 0 Å². The van der Waals surface area contributed by atoms with Crippen molar-refractivity contribution in [1.82, 2.24) is 4.57 Å². The van der Waals surface area contributed by atoms with Gasteiger partial charge in [-0.2, -0.15) is 0 Å². The van der Waals surface area contributed by atoms with Crippen molar-refractivity contribution < 1.29 is 4.42 Å². The molecule has 8 aromatic rings. The van der Waals surface area contributed by atoms with Gasteiger partial charge in [0.15, 0.2) is 0 Å². The standard InChI is InChI=1S/C59H62BN2O/c1-10-11-13-18-36-23-25-38(26-24-36)61-48-22-17-16-21-39(48)41-31-40(37-19-14-12-15-20-37)51-42-32-44-46(58(6,7)29-27-56(44,2)3)34-49(42)62-53-43-33-45-47(59(8,9)30-28-57(45,4)5)35-50(43)63-55(53)60-52(41)54(51)62/h12,14-17,19-26,31-35,61H,10-11,13,18,27-30H2,1-9H3. The van der Waals surface area contributed by atoms with Crippen molar-refractivity contribution in [1.29, 1.82) is 0 Å². The smallest absolute Gasteiger partial charge is 0.247 e. The van der Waals surface area contributed by atoms with Gasteiger partial charge < -0.3 is 14.3 Å². The number of unbranched alkanes of at least 4 members (excludes halogenated alkanes) is 2. The Hall–Kier alpha value is -5.48. The summed E-state index contributed by atoms with van der Waals surface area (Å²) in [4.78, 5) is 0. The maximum Gasteiger partial charge on any atom is 0.247 e. The molecule has 6 aromatic carbocycles. The van der Waals surface area contributed by atoms with Crippen LogP contribution in [0.2, 0.25) is 0 Å². The lowest BCUT2D eigenvalue weighted by Crippen LogP contribution is -2.36. The Kier molecular flexibility index (Phi) is 9.13. The van der Waals surface area contributed by atoms with Crippen molar-refractivity contribution >= 4 is 62.6 Å². The van der Waals surface area contributed by atoms with Gasteiger partial charge in [-0.1, -0.05) is 136 Å². The lowest BCUT2D eigenvalue weighted by atomic mass is 9.61. The predicted octanol–water partition coefficient (Wildman–Crippen LogP) is 15.0. The molecule has 3 aliphatic rings. The van der Waals surface area contributed by atoms with Crippen LogP contribution in [0.5, 0.6) is 0 Å². The van der Waals surface area contributed by atoms with Gasteiger partial charge in [-0.25, -0.2) is 0 Å². The molecule has 0 amide bonds. The highest BCUT2D eigenvalue weighted by atomic mass is 16.3. The summed E-state index contributed by atoms with van der Waals surface area (Å²) in [6, 6.07) is 41.7. The second-order valence-corrected chi connectivity index (χ2v) is 21.9. The molecule has 3 nitrogen and oxygen atoms in total. The molecule has 1 radical (unpaired) electrons. The molecule has 0 spiro atoms. The SMILES string of the molecule is CCCCCc1ccc(Nc2ccccc2-c2cc(-c3ccccc3)c3c4cc5c(cc4n4c3c2[B]c2oc3cc6c(cc3c2-4)C(C)(C)CCC6(C)C)C(C)(C)CCC5(C)C)cc1. The fourth-order valence-corrected chi connectivity index (χ4v) is 11.7. The largest absolute Gasteiger partial charge is 0.469 e. The molecule has 2 aliphatic carbocycles. The first-order valence-electron chi connectivity index (χ1n) is 23.8. The highest BCUT2D eigenvalue weighted by Gasteiger charge is 2.41. The topological polar surface area (TPSA) is 30.1 Å². The molecule has 0 unspecified atom stereocenters. The van der Waals surface area contributed by atoms with Gasteiger partial charge in [0.1, 0.15) is 5.58 Å². The third-order valence-electron chi connectivity index (χ3n) is 15.8. The van der Waals surface area contributed by atoms with Crippen LogP contribution in [-0.4, -0.2) is 11.8 Å². The molecular weight excluding hydrogens is 763 g/mol. The Morgan fingerprint density at radius 2 is 1.21 bits per heavy atom. The Labute approximate surface area is 375 Å². The van der Waals surface area contributed by atoms with Crippen LogP contribution in [0.25, 0.3) is 60.7 Å². The van der Waals surface area contributed by atoms with Crippen LogP contribution in [0.4, 0.5) is 11.4 Å². The number of hydrogen-bond acceptors (Lipinski definition) is 2. The van der Waals surface area contributed by atoms with Crippen molar-refractivity contribution in [3.05, 3.63) is 137 Å². The van der Waals surface area contributed by atoms with Gasteiger partial charge in [0.05, 0.1) is 16.9 Å². The molecule has 11 rings (SSSR count). The lowest BCUT2D eigenvalue weighted by Gasteiger charge is -2.42. The molecule has 317 valence electrons. The van der Waals surface area contributed by atoms with E-state index < -0.39 is 0 Å². The van der Waals surface area contributed by atoms with E-state index in [4.69, 9.17) is 4.42 Å². The molecule has 0 fully saturated rings. The van der Waals surface area contributed by atoms with Crippen LogP contribution in [-0.2, 0) is 28.1 Å². The third kappa shape index (κ3) is 6.36. The average molecular weight is 826 g/mol. The molecule has 1 aliphatic heterocycles. The Balaban J connectivity index is 1.23. The van der Waals surface area contributed by atoms with Crippen molar-refractivity contribution in [2.24, 2.45) is 0 Å². The van der Waals surface area contributed by atoms with Crippen LogP contribution in [0.15, 0.2) is 114 Å². The van der Waals surface area contributed by atoms with Crippen LogP contribution in [0, 0.1) is 0 Å². The molecule has 63 heavy (non-hydrogen) atoms. The van der Waals surface area contributed by atoms with Crippen molar-refractivity contribution in [3.8, 4) is 27.9 Å². The summed E-state index contributed by atoms with van der Waals surface area (Å²) in [6.07, 6.45) is 9.54. The highest BCUT2D eigenvalue weighted by molar-refractivity contribution is 6.73. The van der Waals surface area contributed by atoms with E-state index >= 15 is 0 Å². The van der Waals surface area contributed by atoms with Crippen LogP contribution >= 0.6 is 0 Å². The van der Waals surface area contributed by atoms with E-state index in [9.17, 15) is 0 Å². The molecule has 0 saturated carbocycles. The summed E-state index contributed by atoms with van der Waals surface area (Å²) < 4.78 is 9.83. The highest BCUT2D eigenvalue weighted by Crippen LogP contribution is 2.52. The fourth-order valence-electron chi connectivity index (χ4n) is 11.7. The van der Waals surface area contributed by atoms with E-state index in [0.29, 0.717) is 0 Å². The molecule has 0 saturated heterocycles. The zero-order valence-electron chi connectivity index (χ0n) is 39.0. The van der Waals surface area contributed by atoms with Crippen LogP contribution < -0.4 is 16.4 Å². The fraction of sp³-hybridized carbons (Fsp3) is 0.356.